The lowest BCUT2D eigenvalue weighted by Gasteiger charge is -2.10. The number of rotatable bonds is 4. The summed E-state index contributed by atoms with van der Waals surface area (Å²) in [5.74, 6) is -0.102. The van der Waals surface area contributed by atoms with Gasteiger partial charge in [0.25, 0.3) is 0 Å². The summed E-state index contributed by atoms with van der Waals surface area (Å²) in [7, 11) is 1.66. The quantitative estimate of drug-likeness (QED) is 0.720. The Kier molecular flexibility index (Phi) is 3.73. The molecule has 0 bridgehead atoms. The monoisotopic (exact) mass is 249 g/mol. The Labute approximate surface area is 104 Å². The molecule has 90 valence electrons. The Morgan fingerprint density at radius 1 is 1.47 bits per heavy atom. The van der Waals surface area contributed by atoms with Gasteiger partial charge in [0.2, 0.25) is 5.91 Å². The second-order valence-corrected chi connectivity index (χ2v) is 4.71. The van der Waals surface area contributed by atoms with Crippen LogP contribution in [0.5, 0.6) is 0 Å². The molecule has 2 aromatic rings. The van der Waals surface area contributed by atoms with Gasteiger partial charge in [-0.05, 0) is 22.4 Å². The zero-order chi connectivity index (χ0) is 12.3. The molecule has 4 nitrogen and oxygen atoms in total. The van der Waals surface area contributed by atoms with E-state index in [2.05, 4.69) is 16.9 Å². The summed E-state index contributed by atoms with van der Waals surface area (Å²) in [6, 6.07) is 7.82. The minimum atomic E-state index is -0.264. The van der Waals surface area contributed by atoms with E-state index < -0.39 is 0 Å². The highest BCUT2D eigenvalue weighted by Gasteiger charge is 2.14. The average molecular weight is 249 g/mol. The van der Waals surface area contributed by atoms with E-state index in [-0.39, 0.29) is 18.4 Å². The van der Waals surface area contributed by atoms with Crippen molar-refractivity contribution in [3.05, 3.63) is 35.2 Å². The van der Waals surface area contributed by atoms with E-state index in [1.165, 1.54) is 4.70 Å². The van der Waals surface area contributed by atoms with Crippen molar-refractivity contribution in [3.8, 4) is 0 Å². The lowest BCUT2D eigenvalue weighted by atomic mass is 10.0. The smallest absolute Gasteiger partial charge is 0.235 e. The summed E-state index contributed by atoms with van der Waals surface area (Å²) in [6.45, 7) is 0. The van der Waals surface area contributed by atoms with Crippen LogP contribution in [-0.2, 0) is 4.79 Å². The van der Waals surface area contributed by atoms with Gasteiger partial charge in [-0.1, -0.05) is 18.2 Å². The number of benzene rings is 1. The number of carbonyl (C=O) groups excluding carboxylic acids is 1. The molecule has 1 atom stereocenters. The van der Waals surface area contributed by atoms with Crippen LogP contribution < -0.4 is 16.6 Å². The van der Waals surface area contributed by atoms with E-state index in [1.54, 1.807) is 18.4 Å². The third-order valence-corrected chi connectivity index (χ3v) is 3.56. The van der Waals surface area contributed by atoms with Crippen molar-refractivity contribution in [3.63, 3.8) is 0 Å². The largest absolute Gasteiger partial charge is 0.323 e. The first-order valence-electron chi connectivity index (χ1n) is 5.39. The van der Waals surface area contributed by atoms with Gasteiger partial charge in [-0.25, -0.2) is 5.43 Å². The number of thiophene rings is 1. The highest BCUT2D eigenvalue weighted by atomic mass is 32.1. The average Bonchev–Trinajstić information content (AvgIpc) is 2.72. The first-order valence-corrected chi connectivity index (χ1v) is 6.27. The van der Waals surface area contributed by atoms with E-state index >= 15 is 0 Å². The second-order valence-electron chi connectivity index (χ2n) is 3.80. The van der Waals surface area contributed by atoms with Gasteiger partial charge in [0.15, 0.2) is 0 Å². The third kappa shape index (κ3) is 2.63. The molecule has 0 saturated heterocycles. The molecule has 1 unspecified atom stereocenters. The van der Waals surface area contributed by atoms with Crippen LogP contribution in [0.25, 0.3) is 10.1 Å². The van der Waals surface area contributed by atoms with Crippen molar-refractivity contribution in [1.29, 1.82) is 0 Å². The van der Waals surface area contributed by atoms with Crippen LogP contribution in [-0.4, -0.2) is 13.0 Å². The van der Waals surface area contributed by atoms with Crippen LogP contribution in [0.2, 0.25) is 0 Å². The van der Waals surface area contributed by atoms with Gasteiger partial charge in [0, 0.05) is 24.2 Å². The SMILES string of the molecule is CNNC(=O)CC(N)c1csc2ccccc12. The number of hydrogen-bond acceptors (Lipinski definition) is 4. The minimum Gasteiger partial charge on any atom is -0.323 e. The van der Waals surface area contributed by atoms with Crippen molar-refractivity contribution in [2.45, 2.75) is 12.5 Å². The number of nitrogens with one attached hydrogen (secondary N) is 2. The number of fused-ring (bicyclic) bond motifs is 1. The molecule has 0 radical (unpaired) electrons. The normalized spacial score (nSPS) is 12.6. The fourth-order valence-corrected chi connectivity index (χ4v) is 2.81. The van der Waals surface area contributed by atoms with Crippen molar-refractivity contribution >= 4 is 27.3 Å². The molecule has 2 rings (SSSR count). The standard InChI is InChI=1S/C12H15N3OS/c1-14-15-12(16)6-10(13)9-7-17-11-5-3-2-4-8(9)11/h2-5,7,10,14H,6,13H2,1H3,(H,15,16). The molecule has 0 aliphatic heterocycles. The second kappa shape index (κ2) is 5.27. The Morgan fingerprint density at radius 3 is 3.00 bits per heavy atom. The molecule has 1 aromatic carbocycles. The van der Waals surface area contributed by atoms with Crippen molar-refractivity contribution in [1.82, 2.24) is 10.9 Å². The first-order chi connectivity index (χ1) is 8.22. The Morgan fingerprint density at radius 2 is 2.24 bits per heavy atom. The fraction of sp³-hybridized carbons (Fsp3) is 0.250. The molecule has 4 N–H and O–H groups in total. The molecule has 0 saturated carbocycles. The van der Waals surface area contributed by atoms with Gasteiger partial charge in [-0.3, -0.25) is 10.2 Å². The van der Waals surface area contributed by atoms with Gasteiger partial charge in [0.05, 0.1) is 0 Å². The third-order valence-electron chi connectivity index (χ3n) is 2.58. The molecular weight excluding hydrogens is 234 g/mol. The number of hydrazine groups is 1. The van der Waals surface area contributed by atoms with Gasteiger partial charge in [0.1, 0.15) is 0 Å². The number of amides is 1. The van der Waals surface area contributed by atoms with Crippen molar-refractivity contribution in [2.75, 3.05) is 7.05 Å². The first kappa shape index (κ1) is 12.0. The lowest BCUT2D eigenvalue weighted by Crippen LogP contribution is -2.35. The summed E-state index contributed by atoms with van der Waals surface area (Å²) < 4.78 is 1.20. The molecule has 0 aliphatic carbocycles. The van der Waals surface area contributed by atoms with Gasteiger partial charge >= 0.3 is 0 Å². The summed E-state index contributed by atoms with van der Waals surface area (Å²) in [6.07, 6.45) is 0.279. The maximum absolute atomic E-state index is 11.4. The summed E-state index contributed by atoms with van der Waals surface area (Å²) in [4.78, 5) is 11.4. The summed E-state index contributed by atoms with van der Waals surface area (Å²) in [5.41, 5.74) is 12.2. The number of carbonyl (C=O) groups is 1. The molecule has 1 amide bonds. The highest BCUT2D eigenvalue weighted by molar-refractivity contribution is 7.17. The van der Waals surface area contributed by atoms with E-state index in [9.17, 15) is 4.79 Å². The molecule has 0 fully saturated rings. The van der Waals surface area contributed by atoms with Crippen LogP contribution in [0.15, 0.2) is 29.6 Å². The maximum Gasteiger partial charge on any atom is 0.235 e. The molecule has 17 heavy (non-hydrogen) atoms. The predicted molar refractivity (Wildman–Crippen MR) is 70.6 cm³/mol. The molecule has 0 spiro atoms. The zero-order valence-electron chi connectivity index (χ0n) is 9.57. The predicted octanol–water partition coefficient (Wildman–Crippen LogP) is 1.54. The lowest BCUT2D eigenvalue weighted by molar-refractivity contribution is -0.122. The topological polar surface area (TPSA) is 67.1 Å². The van der Waals surface area contributed by atoms with E-state index in [0.717, 1.165) is 10.9 Å². The fourth-order valence-electron chi connectivity index (χ4n) is 1.79. The van der Waals surface area contributed by atoms with Gasteiger partial charge in [-0.15, -0.1) is 11.3 Å². The molecule has 1 heterocycles. The molecule has 0 aliphatic rings. The Bertz CT molecular complexity index is 523. The van der Waals surface area contributed by atoms with E-state index in [4.69, 9.17) is 5.73 Å². The van der Waals surface area contributed by atoms with Gasteiger partial charge in [-0.2, -0.15) is 0 Å². The zero-order valence-corrected chi connectivity index (χ0v) is 10.4. The van der Waals surface area contributed by atoms with Crippen molar-refractivity contribution < 1.29 is 4.79 Å². The molecule has 5 heteroatoms. The maximum atomic E-state index is 11.4. The van der Waals surface area contributed by atoms with Crippen molar-refractivity contribution in [2.24, 2.45) is 5.73 Å². The van der Waals surface area contributed by atoms with Crippen LogP contribution in [0, 0.1) is 0 Å². The summed E-state index contributed by atoms with van der Waals surface area (Å²) in [5, 5.41) is 3.17. The Balaban J connectivity index is 2.19. The number of hydrogen-bond donors (Lipinski definition) is 3. The van der Waals surface area contributed by atoms with Crippen LogP contribution in [0.4, 0.5) is 0 Å². The molecular formula is C12H15N3OS. The van der Waals surface area contributed by atoms with Crippen LogP contribution in [0.3, 0.4) is 0 Å². The van der Waals surface area contributed by atoms with E-state index in [1.807, 2.05) is 23.6 Å². The number of nitrogens with two attached hydrogens (primary N) is 1. The Hall–Kier alpha value is -1.43. The van der Waals surface area contributed by atoms with Crippen LogP contribution in [0.1, 0.15) is 18.0 Å². The van der Waals surface area contributed by atoms with Gasteiger partial charge < -0.3 is 5.73 Å². The van der Waals surface area contributed by atoms with E-state index in [0.29, 0.717) is 0 Å². The molecule has 1 aromatic heterocycles. The summed E-state index contributed by atoms with van der Waals surface area (Å²) >= 11 is 1.66. The minimum absolute atomic E-state index is 0.102. The van der Waals surface area contributed by atoms with Crippen LogP contribution >= 0.6 is 11.3 Å². The highest BCUT2D eigenvalue weighted by Crippen LogP contribution is 2.30.